The smallest absolute Gasteiger partial charge is 0.231 e. The fourth-order valence-corrected chi connectivity index (χ4v) is 4.36. The van der Waals surface area contributed by atoms with Crippen molar-refractivity contribution in [2.24, 2.45) is 0 Å². The van der Waals surface area contributed by atoms with Crippen LogP contribution >= 0.6 is 0 Å². The lowest BCUT2D eigenvalue weighted by Crippen LogP contribution is -2.22. The van der Waals surface area contributed by atoms with Crippen LogP contribution in [0.15, 0.2) is 60.7 Å². The van der Waals surface area contributed by atoms with Gasteiger partial charge in [0.1, 0.15) is 5.78 Å². The third kappa shape index (κ3) is 3.17. The highest BCUT2D eigenvalue weighted by molar-refractivity contribution is 5.95. The summed E-state index contributed by atoms with van der Waals surface area (Å²) in [5.74, 6) is 1.72. The van der Waals surface area contributed by atoms with Gasteiger partial charge in [0.25, 0.3) is 0 Å². The van der Waals surface area contributed by atoms with Crippen molar-refractivity contribution >= 4 is 5.78 Å². The molecule has 1 saturated carbocycles. The summed E-state index contributed by atoms with van der Waals surface area (Å²) in [5, 5.41) is 9.68. The number of hydrogen-bond acceptors (Lipinski definition) is 4. The molecule has 30 heavy (non-hydrogen) atoms. The van der Waals surface area contributed by atoms with Gasteiger partial charge >= 0.3 is 0 Å². The topological polar surface area (TPSA) is 55.8 Å². The normalized spacial score (nSPS) is 15.8. The quantitative estimate of drug-likeness (QED) is 0.632. The van der Waals surface area contributed by atoms with Gasteiger partial charge in [0.15, 0.2) is 11.5 Å². The SMILES string of the molecule is Cc1ccc(-c2ccccc2CO)cc1CC(=O)C1(c2ccc3c(c2)OCO3)CC1.[HH]. The van der Waals surface area contributed by atoms with Crippen LogP contribution in [0.1, 0.15) is 36.5 Å². The standard InChI is InChI=1S/C26H24O4.H2/c1-17-6-7-18(22-5-3-2-4-19(22)15-27)12-20(17)13-25(28)26(10-11-26)21-8-9-23-24(14-21)30-16-29-23;/h2-9,12,14,27H,10-11,13,15-16H2,1H3;1H. The first-order chi connectivity index (χ1) is 14.6. The van der Waals surface area contributed by atoms with Crippen molar-refractivity contribution in [3.05, 3.63) is 82.9 Å². The van der Waals surface area contributed by atoms with E-state index in [1.807, 2.05) is 49.4 Å². The lowest BCUT2D eigenvalue weighted by Gasteiger charge is -2.17. The fraction of sp³-hybridized carbons (Fsp3) is 0.269. The van der Waals surface area contributed by atoms with Gasteiger partial charge in [-0.2, -0.15) is 0 Å². The average molecular weight is 402 g/mol. The van der Waals surface area contributed by atoms with Gasteiger partial charge in [0, 0.05) is 7.85 Å². The van der Waals surface area contributed by atoms with E-state index in [1.165, 1.54) is 0 Å². The number of carbonyl (C=O) groups excluding carboxylic acids is 1. The largest absolute Gasteiger partial charge is 0.454 e. The van der Waals surface area contributed by atoms with Gasteiger partial charge in [-0.1, -0.05) is 48.5 Å². The first-order valence-corrected chi connectivity index (χ1v) is 10.3. The van der Waals surface area contributed by atoms with Crippen LogP contribution in [0.2, 0.25) is 0 Å². The number of aryl methyl sites for hydroxylation is 1. The van der Waals surface area contributed by atoms with Crippen molar-refractivity contribution in [2.75, 3.05) is 6.79 Å². The number of rotatable bonds is 6. The maximum atomic E-state index is 13.4. The molecule has 0 saturated heterocycles. The second kappa shape index (κ2) is 7.29. The molecular weight excluding hydrogens is 376 g/mol. The molecule has 3 aromatic rings. The Morgan fingerprint density at radius 3 is 2.60 bits per heavy atom. The van der Waals surface area contributed by atoms with Gasteiger partial charge in [-0.25, -0.2) is 0 Å². The Hall–Kier alpha value is -3.11. The second-order valence-corrected chi connectivity index (χ2v) is 8.21. The molecule has 1 aliphatic carbocycles. The number of fused-ring (bicyclic) bond motifs is 1. The van der Waals surface area contributed by atoms with Gasteiger partial charge in [-0.3, -0.25) is 4.79 Å². The van der Waals surface area contributed by atoms with Gasteiger partial charge in [0.2, 0.25) is 6.79 Å². The minimum atomic E-state index is -0.410. The predicted molar refractivity (Wildman–Crippen MR) is 117 cm³/mol. The maximum Gasteiger partial charge on any atom is 0.231 e. The van der Waals surface area contributed by atoms with E-state index >= 15 is 0 Å². The van der Waals surface area contributed by atoms with Crippen LogP contribution in [0.5, 0.6) is 11.5 Å². The van der Waals surface area contributed by atoms with Crippen LogP contribution in [0, 0.1) is 6.92 Å². The van der Waals surface area contributed by atoms with Crippen LogP contribution < -0.4 is 9.47 Å². The number of Topliss-reactive ketones (excluding diaryl/α,β-unsaturated/α-hetero) is 1. The van der Waals surface area contributed by atoms with Crippen LogP contribution in [0.4, 0.5) is 0 Å². The Labute approximate surface area is 177 Å². The molecular formula is C26H26O4. The first kappa shape index (κ1) is 18.9. The molecule has 0 radical (unpaired) electrons. The lowest BCUT2D eigenvalue weighted by molar-refractivity contribution is -0.120. The van der Waals surface area contributed by atoms with Crippen molar-refractivity contribution in [3.8, 4) is 22.6 Å². The summed E-state index contributed by atoms with van der Waals surface area (Å²) in [6, 6.07) is 19.9. The molecule has 4 nitrogen and oxygen atoms in total. The van der Waals surface area contributed by atoms with Crippen molar-refractivity contribution < 1.29 is 20.8 Å². The number of ether oxygens (including phenoxy) is 2. The molecule has 0 bridgehead atoms. The second-order valence-electron chi connectivity index (χ2n) is 8.21. The zero-order valence-corrected chi connectivity index (χ0v) is 17.0. The molecule has 0 amide bonds. The third-order valence-corrected chi connectivity index (χ3v) is 6.41. The summed E-state index contributed by atoms with van der Waals surface area (Å²) >= 11 is 0. The molecule has 4 heteroatoms. The van der Waals surface area contributed by atoms with Crippen molar-refractivity contribution in [2.45, 2.75) is 38.2 Å². The first-order valence-electron chi connectivity index (χ1n) is 10.3. The van der Waals surface area contributed by atoms with Crippen molar-refractivity contribution in [1.29, 1.82) is 0 Å². The highest BCUT2D eigenvalue weighted by Crippen LogP contribution is 2.51. The predicted octanol–water partition coefficient (Wildman–Crippen LogP) is 4.97. The molecule has 1 N–H and O–H groups in total. The highest BCUT2D eigenvalue weighted by Gasteiger charge is 2.50. The van der Waals surface area contributed by atoms with E-state index in [-0.39, 0.29) is 20.6 Å². The molecule has 0 atom stereocenters. The summed E-state index contributed by atoms with van der Waals surface area (Å²) in [6.45, 7) is 2.27. The molecule has 1 fully saturated rings. The Bertz CT molecular complexity index is 1130. The Morgan fingerprint density at radius 2 is 1.80 bits per heavy atom. The number of carbonyl (C=O) groups is 1. The molecule has 0 aromatic heterocycles. The average Bonchev–Trinajstić information content (AvgIpc) is 3.46. The number of benzene rings is 3. The Balaban J connectivity index is 0.00000231. The van der Waals surface area contributed by atoms with E-state index < -0.39 is 5.41 Å². The number of ketones is 1. The van der Waals surface area contributed by atoms with Crippen LogP contribution in [0.25, 0.3) is 11.1 Å². The minimum absolute atomic E-state index is 0. The van der Waals surface area contributed by atoms with Crippen molar-refractivity contribution in [3.63, 3.8) is 0 Å². The van der Waals surface area contributed by atoms with Gasteiger partial charge < -0.3 is 14.6 Å². The lowest BCUT2D eigenvalue weighted by atomic mass is 9.86. The van der Waals surface area contributed by atoms with E-state index in [1.54, 1.807) is 0 Å². The Kier molecular flexibility index (Phi) is 4.59. The summed E-state index contributed by atoms with van der Waals surface area (Å²) < 4.78 is 10.9. The molecule has 0 unspecified atom stereocenters. The highest BCUT2D eigenvalue weighted by atomic mass is 16.7. The van der Waals surface area contributed by atoms with Crippen molar-refractivity contribution in [1.82, 2.24) is 0 Å². The molecule has 5 rings (SSSR count). The number of hydrogen-bond donors (Lipinski definition) is 1. The van der Waals surface area contributed by atoms with E-state index in [2.05, 4.69) is 18.2 Å². The molecule has 0 spiro atoms. The monoisotopic (exact) mass is 402 g/mol. The summed E-state index contributed by atoms with van der Waals surface area (Å²) in [5.41, 5.74) is 5.68. The summed E-state index contributed by atoms with van der Waals surface area (Å²) in [6.07, 6.45) is 2.14. The fourth-order valence-electron chi connectivity index (χ4n) is 4.36. The van der Waals surface area contributed by atoms with Crippen LogP contribution in [-0.4, -0.2) is 17.7 Å². The van der Waals surface area contributed by atoms with Gasteiger partial charge in [-0.15, -0.1) is 0 Å². The molecule has 2 aliphatic rings. The summed E-state index contributed by atoms with van der Waals surface area (Å²) in [4.78, 5) is 13.4. The molecule has 3 aromatic carbocycles. The zero-order chi connectivity index (χ0) is 20.7. The molecule has 154 valence electrons. The van der Waals surface area contributed by atoms with E-state index in [9.17, 15) is 9.90 Å². The summed E-state index contributed by atoms with van der Waals surface area (Å²) in [7, 11) is 0. The van der Waals surface area contributed by atoms with E-state index in [0.717, 1.165) is 57.7 Å². The molecule has 1 heterocycles. The van der Waals surface area contributed by atoms with Crippen LogP contribution in [0.3, 0.4) is 0 Å². The number of aliphatic hydroxyl groups is 1. The third-order valence-electron chi connectivity index (χ3n) is 6.41. The maximum absolute atomic E-state index is 13.4. The molecule has 1 aliphatic heterocycles. The van der Waals surface area contributed by atoms with E-state index in [4.69, 9.17) is 9.47 Å². The Morgan fingerprint density at radius 1 is 1.00 bits per heavy atom. The van der Waals surface area contributed by atoms with Gasteiger partial charge in [0.05, 0.1) is 12.0 Å². The zero-order valence-electron chi connectivity index (χ0n) is 17.0. The minimum Gasteiger partial charge on any atom is -0.454 e. The van der Waals surface area contributed by atoms with E-state index in [0.29, 0.717) is 6.42 Å². The van der Waals surface area contributed by atoms with Crippen LogP contribution in [-0.2, 0) is 23.2 Å². The van der Waals surface area contributed by atoms with Gasteiger partial charge in [-0.05, 0) is 65.3 Å². The number of aliphatic hydroxyl groups excluding tert-OH is 1.